The second-order valence-electron chi connectivity index (χ2n) is 3.04. The predicted molar refractivity (Wildman–Crippen MR) is 63.9 cm³/mol. The van der Waals surface area contributed by atoms with Gasteiger partial charge in [-0.2, -0.15) is 0 Å². The van der Waals surface area contributed by atoms with Crippen LogP contribution in [0, 0.1) is 0 Å². The van der Waals surface area contributed by atoms with Crippen molar-refractivity contribution >= 4 is 33.5 Å². The summed E-state index contributed by atoms with van der Waals surface area (Å²) >= 11 is 3.23. The van der Waals surface area contributed by atoms with Crippen molar-refractivity contribution in [2.75, 3.05) is 17.7 Å². The molecule has 7 heteroatoms. The Balaban J connectivity index is 2.73. The predicted octanol–water partition coefficient (Wildman–Crippen LogP) is 1.18. The summed E-state index contributed by atoms with van der Waals surface area (Å²) in [7, 11) is 0. The molecule has 1 rings (SSSR count). The molecule has 0 bridgehead atoms. The van der Waals surface area contributed by atoms with Crippen molar-refractivity contribution in [1.82, 2.24) is 9.97 Å². The molecule has 0 spiro atoms. The maximum Gasteiger partial charge on any atom is 0.328 e. The number of aromatic nitrogens is 2. The number of hydrogen-bond donors (Lipinski definition) is 2. The van der Waals surface area contributed by atoms with Gasteiger partial charge in [0.25, 0.3) is 0 Å². The average molecular weight is 289 g/mol. The SMILES string of the molecule is CCOC(=O)C(C)Nc1ncnc(N)c1Br. The minimum Gasteiger partial charge on any atom is -0.464 e. The summed E-state index contributed by atoms with van der Waals surface area (Å²) in [5.74, 6) is 0.438. The molecule has 1 unspecified atom stereocenters. The highest BCUT2D eigenvalue weighted by Gasteiger charge is 2.16. The number of nitrogens with zero attached hydrogens (tertiary/aromatic N) is 2. The van der Waals surface area contributed by atoms with Crippen molar-refractivity contribution in [2.24, 2.45) is 0 Å². The topological polar surface area (TPSA) is 90.1 Å². The Morgan fingerprint density at radius 1 is 1.69 bits per heavy atom. The fraction of sp³-hybridized carbons (Fsp3) is 0.444. The van der Waals surface area contributed by atoms with Crippen LogP contribution >= 0.6 is 15.9 Å². The molecule has 0 aliphatic carbocycles. The Morgan fingerprint density at radius 2 is 2.38 bits per heavy atom. The number of rotatable bonds is 4. The summed E-state index contributed by atoms with van der Waals surface area (Å²) in [4.78, 5) is 19.1. The van der Waals surface area contributed by atoms with Gasteiger partial charge in [-0.3, -0.25) is 0 Å². The Labute approximate surface area is 102 Å². The minimum absolute atomic E-state index is 0.313. The van der Waals surface area contributed by atoms with Gasteiger partial charge in [0.2, 0.25) is 0 Å². The zero-order chi connectivity index (χ0) is 12.1. The minimum atomic E-state index is -0.495. The van der Waals surface area contributed by atoms with Gasteiger partial charge in [0.05, 0.1) is 6.61 Å². The lowest BCUT2D eigenvalue weighted by molar-refractivity contribution is -0.143. The van der Waals surface area contributed by atoms with Crippen LogP contribution in [0.1, 0.15) is 13.8 Å². The highest BCUT2D eigenvalue weighted by atomic mass is 79.9. The fourth-order valence-electron chi connectivity index (χ4n) is 1.02. The van der Waals surface area contributed by atoms with E-state index >= 15 is 0 Å². The van der Waals surface area contributed by atoms with Crippen LogP contribution < -0.4 is 11.1 Å². The fourth-order valence-corrected chi connectivity index (χ4v) is 1.33. The van der Waals surface area contributed by atoms with Gasteiger partial charge in [0.15, 0.2) is 0 Å². The zero-order valence-corrected chi connectivity index (χ0v) is 10.6. The second kappa shape index (κ2) is 5.64. The van der Waals surface area contributed by atoms with Crippen LogP contribution in [0.3, 0.4) is 0 Å². The van der Waals surface area contributed by atoms with E-state index in [1.165, 1.54) is 6.33 Å². The van der Waals surface area contributed by atoms with E-state index in [1.54, 1.807) is 13.8 Å². The number of nitrogens with one attached hydrogen (secondary N) is 1. The molecule has 1 heterocycles. The van der Waals surface area contributed by atoms with Gasteiger partial charge in [-0.05, 0) is 29.8 Å². The largest absolute Gasteiger partial charge is 0.464 e. The van der Waals surface area contributed by atoms with Gasteiger partial charge in [-0.25, -0.2) is 14.8 Å². The number of ether oxygens (including phenoxy) is 1. The summed E-state index contributed by atoms with van der Waals surface area (Å²) in [6, 6.07) is -0.495. The maximum atomic E-state index is 11.4. The highest BCUT2D eigenvalue weighted by Crippen LogP contribution is 2.24. The zero-order valence-electron chi connectivity index (χ0n) is 9.03. The first-order valence-corrected chi connectivity index (χ1v) is 5.54. The number of esters is 1. The maximum absolute atomic E-state index is 11.4. The molecule has 1 atom stereocenters. The van der Waals surface area contributed by atoms with E-state index in [4.69, 9.17) is 10.5 Å². The van der Waals surface area contributed by atoms with Crippen LogP contribution in [0.4, 0.5) is 11.6 Å². The van der Waals surface area contributed by atoms with E-state index in [0.717, 1.165) is 0 Å². The van der Waals surface area contributed by atoms with Gasteiger partial charge in [-0.15, -0.1) is 0 Å². The first-order chi connectivity index (χ1) is 7.56. The van der Waals surface area contributed by atoms with Gasteiger partial charge in [0.1, 0.15) is 28.5 Å². The third kappa shape index (κ3) is 3.06. The van der Waals surface area contributed by atoms with Crippen LogP contribution in [0.15, 0.2) is 10.8 Å². The number of anilines is 2. The van der Waals surface area contributed by atoms with Crippen molar-refractivity contribution < 1.29 is 9.53 Å². The normalized spacial score (nSPS) is 11.9. The average Bonchev–Trinajstić information content (AvgIpc) is 2.25. The van der Waals surface area contributed by atoms with E-state index in [-0.39, 0.29) is 5.97 Å². The smallest absolute Gasteiger partial charge is 0.328 e. The van der Waals surface area contributed by atoms with Gasteiger partial charge >= 0.3 is 5.97 Å². The van der Waals surface area contributed by atoms with Crippen molar-refractivity contribution in [2.45, 2.75) is 19.9 Å². The molecule has 0 saturated carbocycles. The Kier molecular flexibility index (Phi) is 4.48. The lowest BCUT2D eigenvalue weighted by Crippen LogP contribution is -2.28. The molecule has 0 saturated heterocycles. The molecular formula is C9H13BrN4O2. The third-order valence-electron chi connectivity index (χ3n) is 1.81. The lowest BCUT2D eigenvalue weighted by atomic mass is 10.3. The van der Waals surface area contributed by atoms with E-state index in [1.807, 2.05) is 0 Å². The van der Waals surface area contributed by atoms with E-state index in [0.29, 0.717) is 22.7 Å². The summed E-state index contributed by atoms with van der Waals surface area (Å²) < 4.78 is 5.39. The molecule has 88 valence electrons. The summed E-state index contributed by atoms with van der Waals surface area (Å²) in [5, 5.41) is 2.88. The monoisotopic (exact) mass is 288 g/mol. The van der Waals surface area contributed by atoms with Gasteiger partial charge < -0.3 is 15.8 Å². The number of carbonyl (C=O) groups is 1. The molecule has 1 aromatic heterocycles. The summed E-state index contributed by atoms with van der Waals surface area (Å²) in [6.07, 6.45) is 1.32. The second-order valence-corrected chi connectivity index (χ2v) is 3.83. The van der Waals surface area contributed by atoms with Crippen LogP contribution in [-0.2, 0) is 9.53 Å². The molecule has 0 fully saturated rings. The first-order valence-electron chi connectivity index (χ1n) is 4.75. The van der Waals surface area contributed by atoms with Crippen LogP contribution in [0.5, 0.6) is 0 Å². The Bertz CT molecular complexity index is 386. The highest BCUT2D eigenvalue weighted by molar-refractivity contribution is 9.10. The molecule has 0 aliphatic heterocycles. The van der Waals surface area contributed by atoms with Crippen LogP contribution in [0.2, 0.25) is 0 Å². The molecule has 3 N–H and O–H groups in total. The third-order valence-corrected chi connectivity index (χ3v) is 2.59. The molecule has 6 nitrogen and oxygen atoms in total. The van der Waals surface area contributed by atoms with Gasteiger partial charge in [0, 0.05) is 0 Å². The molecule has 0 amide bonds. The molecule has 16 heavy (non-hydrogen) atoms. The number of halogens is 1. The standard InChI is InChI=1S/C9H13BrN4O2/c1-3-16-9(15)5(2)14-8-6(10)7(11)12-4-13-8/h4-5H,3H2,1-2H3,(H3,11,12,13,14). The number of carbonyl (C=O) groups excluding carboxylic acids is 1. The Hall–Kier alpha value is -1.37. The lowest BCUT2D eigenvalue weighted by Gasteiger charge is -2.14. The number of hydrogen-bond acceptors (Lipinski definition) is 6. The van der Waals surface area contributed by atoms with Crippen LogP contribution in [0.25, 0.3) is 0 Å². The number of nitrogen functional groups attached to an aromatic ring is 1. The van der Waals surface area contributed by atoms with E-state index in [9.17, 15) is 4.79 Å². The van der Waals surface area contributed by atoms with Gasteiger partial charge in [-0.1, -0.05) is 0 Å². The summed E-state index contributed by atoms with van der Waals surface area (Å²) in [5.41, 5.74) is 5.58. The molecule has 0 aromatic carbocycles. The molecule has 1 aromatic rings. The Morgan fingerprint density at radius 3 is 3.00 bits per heavy atom. The molecule has 0 radical (unpaired) electrons. The van der Waals surface area contributed by atoms with Crippen molar-refractivity contribution in [1.29, 1.82) is 0 Å². The summed E-state index contributed by atoms with van der Waals surface area (Å²) in [6.45, 7) is 3.78. The van der Waals surface area contributed by atoms with Crippen molar-refractivity contribution in [3.05, 3.63) is 10.8 Å². The van der Waals surface area contributed by atoms with E-state index < -0.39 is 6.04 Å². The van der Waals surface area contributed by atoms with E-state index in [2.05, 4.69) is 31.2 Å². The van der Waals surface area contributed by atoms with Crippen molar-refractivity contribution in [3.63, 3.8) is 0 Å². The number of nitrogens with two attached hydrogens (primary N) is 1. The van der Waals surface area contributed by atoms with Crippen molar-refractivity contribution in [3.8, 4) is 0 Å². The van der Waals surface area contributed by atoms with Crippen LogP contribution in [-0.4, -0.2) is 28.6 Å². The quantitative estimate of drug-likeness (QED) is 0.809. The molecule has 0 aliphatic rings. The molecular weight excluding hydrogens is 276 g/mol. The first kappa shape index (κ1) is 12.7.